The van der Waals surface area contributed by atoms with Crippen molar-refractivity contribution in [2.75, 3.05) is 121 Å². The summed E-state index contributed by atoms with van der Waals surface area (Å²) in [5.41, 5.74) is 10.0. The fraction of sp³-hybridized carbons (Fsp3) is 0.485. The lowest BCUT2D eigenvalue weighted by molar-refractivity contribution is 0.0511. The molecule has 0 bridgehead atoms. The summed E-state index contributed by atoms with van der Waals surface area (Å²) in [6, 6.07) is 16.0. The van der Waals surface area contributed by atoms with Crippen LogP contribution in [0.5, 0.6) is 0 Å². The van der Waals surface area contributed by atoms with Gasteiger partial charge in [0.25, 0.3) is 11.8 Å². The molecule has 2 heterocycles. The first-order valence-electron chi connectivity index (χ1n) is 16.8. The molecule has 1 saturated heterocycles. The fourth-order valence-electron chi connectivity index (χ4n) is 4.53. The molecule has 0 radical (unpaired) electrons. The number of nitrogens with one attached hydrogen (secondary N) is 4. The number of rotatable bonds is 24. The Bertz CT molecular complexity index is 1510. The van der Waals surface area contributed by atoms with Gasteiger partial charge in [0.2, 0.25) is 17.8 Å². The summed E-state index contributed by atoms with van der Waals surface area (Å²) in [6.07, 6.45) is 0. The molecule has 0 spiro atoms. The number of hydrogen-bond acceptors (Lipinski definition) is 14. The number of ether oxygens (including phenoxy) is 5. The van der Waals surface area contributed by atoms with Crippen molar-refractivity contribution in [1.29, 1.82) is 0 Å². The number of nitrogens with zero attached hydrogens (tertiary/aromatic N) is 7. The molecule has 0 unspecified atom stereocenters. The maximum absolute atomic E-state index is 12.6. The smallest absolute Gasteiger partial charge is 0.251 e. The summed E-state index contributed by atoms with van der Waals surface area (Å²) >= 11 is 0. The number of morpholine rings is 1. The van der Waals surface area contributed by atoms with Crippen molar-refractivity contribution in [2.45, 2.75) is 0 Å². The predicted molar refractivity (Wildman–Crippen MR) is 189 cm³/mol. The summed E-state index contributed by atoms with van der Waals surface area (Å²) in [7, 11) is 0. The Morgan fingerprint density at radius 1 is 0.725 bits per heavy atom. The van der Waals surface area contributed by atoms with Crippen molar-refractivity contribution in [3.63, 3.8) is 0 Å². The average Bonchev–Trinajstić information content (AvgIpc) is 3.17. The van der Waals surface area contributed by atoms with Crippen LogP contribution in [-0.4, -0.2) is 132 Å². The van der Waals surface area contributed by atoms with Crippen LogP contribution in [0.2, 0.25) is 0 Å². The van der Waals surface area contributed by atoms with Crippen LogP contribution in [0.25, 0.3) is 10.4 Å². The summed E-state index contributed by atoms with van der Waals surface area (Å²) in [5.74, 6) is 0.898. The summed E-state index contributed by atoms with van der Waals surface area (Å²) in [4.78, 5) is 43.1. The average molecular weight is 708 g/mol. The number of hydrogen-bond donors (Lipinski definition) is 4. The van der Waals surface area contributed by atoms with Gasteiger partial charge in [0, 0.05) is 61.0 Å². The molecule has 4 N–H and O–H groups in total. The van der Waals surface area contributed by atoms with Crippen LogP contribution in [-0.2, 0) is 23.7 Å². The van der Waals surface area contributed by atoms with Gasteiger partial charge in [-0.05, 0) is 41.9 Å². The van der Waals surface area contributed by atoms with Gasteiger partial charge in [0.05, 0.1) is 66.1 Å². The molecule has 51 heavy (non-hydrogen) atoms. The number of carbonyl (C=O) groups excluding carboxylic acids is 2. The Hall–Kier alpha value is -5.10. The highest BCUT2D eigenvalue weighted by atomic mass is 16.5. The minimum Gasteiger partial charge on any atom is -0.379 e. The van der Waals surface area contributed by atoms with Crippen molar-refractivity contribution < 1.29 is 33.3 Å². The van der Waals surface area contributed by atoms with Crippen molar-refractivity contribution in [3.8, 4) is 0 Å². The highest BCUT2D eigenvalue weighted by molar-refractivity contribution is 5.94. The van der Waals surface area contributed by atoms with Crippen LogP contribution in [0, 0.1) is 0 Å². The van der Waals surface area contributed by atoms with Crippen molar-refractivity contribution in [2.24, 2.45) is 5.11 Å². The maximum atomic E-state index is 12.6. The summed E-state index contributed by atoms with van der Waals surface area (Å²) < 4.78 is 27.4. The van der Waals surface area contributed by atoms with Crippen molar-refractivity contribution in [3.05, 3.63) is 76.2 Å². The SMILES string of the molecule is [N-]=[N+]=NCCOCCOCCNC(=O)c1ccc(Nc2nc(NCCOCCOCCNC(=O)c3ccccc3)nc(N3CCOCC3)n2)cc1. The Balaban J connectivity index is 1.16. The van der Waals surface area contributed by atoms with Crippen LogP contribution in [0.1, 0.15) is 20.7 Å². The van der Waals surface area contributed by atoms with Crippen LogP contribution in [0.4, 0.5) is 23.5 Å². The van der Waals surface area contributed by atoms with Gasteiger partial charge in [0.1, 0.15) is 0 Å². The second-order valence-corrected chi connectivity index (χ2v) is 10.8. The number of amides is 2. The Kier molecular flexibility index (Phi) is 17.7. The minimum atomic E-state index is -0.224. The number of benzene rings is 2. The molecule has 1 aromatic heterocycles. The van der Waals surface area contributed by atoms with Gasteiger partial charge in [0.15, 0.2) is 0 Å². The highest BCUT2D eigenvalue weighted by Crippen LogP contribution is 2.19. The molecular formula is C33H45N11O7. The highest BCUT2D eigenvalue weighted by Gasteiger charge is 2.17. The van der Waals surface area contributed by atoms with Gasteiger partial charge in [-0.3, -0.25) is 9.59 Å². The van der Waals surface area contributed by atoms with Gasteiger partial charge in [-0.2, -0.15) is 15.0 Å². The summed E-state index contributed by atoms with van der Waals surface area (Å²) in [5, 5.41) is 15.4. The van der Waals surface area contributed by atoms with Crippen LogP contribution in [0.3, 0.4) is 0 Å². The lowest BCUT2D eigenvalue weighted by Crippen LogP contribution is -2.37. The monoisotopic (exact) mass is 707 g/mol. The second-order valence-electron chi connectivity index (χ2n) is 10.8. The van der Waals surface area contributed by atoms with E-state index in [0.717, 1.165) is 0 Å². The van der Waals surface area contributed by atoms with Gasteiger partial charge in [-0.1, -0.05) is 23.3 Å². The topological polar surface area (TPSA) is 219 Å². The van der Waals surface area contributed by atoms with E-state index in [0.29, 0.717) is 133 Å². The molecule has 1 aliphatic heterocycles. The third-order valence-electron chi connectivity index (χ3n) is 7.09. The zero-order chi connectivity index (χ0) is 35.8. The van der Waals surface area contributed by atoms with E-state index in [1.165, 1.54) is 0 Å². The van der Waals surface area contributed by atoms with E-state index in [-0.39, 0.29) is 18.4 Å². The van der Waals surface area contributed by atoms with Gasteiger partial charge < -0.3 is 49.9 Å². The first-order chi connectivity index (χ1) is 25.1. The molecule has 2 amide bonds. The number of carbonyl (C=O) groups is 2. The zero-order valence-corrected chi connectivity index (χ0v) is 28.5. The van der Waals surface area contributed by atoms with E-state index in [1.54, 1.807) is 36.4 Å². The van der Waals surface area contributed by atoms with Gasteiger partial charge >= 0.3 is 0 Å². The standard InChI is InChI=1S/C33H45N11O7/c34-43-38-13-19-50-25-24-48-17-11-36-30(46)27-6-8-28(9-7-27)39-32-40-31(41-33(42-32)44-14-20-51-21-15-44)37-12-18-49-23-22-47-16-10-35-29(45)26-4-2-1-3-5-26/h1-9H,10-25H2,(H,35,45)(H,36,46)(H2,37,39,40,41,42). The van der Waals surface area contributed by atoms with Gasteiger partial charge in [-0.15, -0.1) is 0 Å². The predicted octanol–water partition coefficient (Wildman–Crippen LogP) is 2.40. The first kappa shape index (κ1) is 38.7. The molecule has 0 aliphatic carbocycles. The molecular weight excluding hydrogens is 662 g/mol. The molecule has 3 aromatic rings. The van der Waals surface area contributed by atoms with Gasteiger partial charge in [-0.25, -0.2) is 0 Å². The lowest BCUT2D eigenvalue weighted by atomic mass is 10.2. The molecule has 1 fully saturated rings. The third kappa shape index (κ3) is 15.1. The molecule has 0 saturated carbocycles. The molecule has 1 aliphatic rings. The Morgan fingerprint density at radius 3 is 1.92 bits per heavy atom. The van der Waals surface area contributed by atoms with E-state index < -0.39 is 0 Å². The van der Waals surface area contributed by atoms with Crippen molar-refractivity contribution in [1.82, 2.24) is 25.6 Å². The fourth-order valence-corrected chi connectivity index (χ4v) is 4.53. The number of azide groups is 1. The number of aromatic nitrogens is 3. The lowest BCUT2D eigenvalue weighted by Gasteiger charge is -2.27. The van der Waals surface area contributed by atoms with Crippen LogP contribution in [0.15, 0.2) is 59.7 Å². The minimum absolute atomic E-state index is 0.132. The maximum Gasteiger partial charge on any atom is 0.251 e. The van der Waals surface area contributed by atoms with E-state index in [4.69, 9.17) is 29.2 Å². The Morgan fingerprint density at radius 2 is 1.29 bits per heavy atom. The van der Waals surface area contributed by atoms with E-state index in [2.05, 4.69) is 46.2 Å². The van der Waals surface area contributed by atoms with E-state index in [9.17, 15) is 9.59 Å². The molecule has 18 nitrogen and oxygen atoms in total. The normalized spacial score (nSPS) is 12.5. The van der Waals surface area contributed by atoms with E-state index in [1.807, 2.05) is 23.1 Å². The second kappa shape index (κ2) is 23.3. The number of anilines is 4. The van der Waals surface area contributed by atoms with Crippen LogP contribution >= 0.6 is 0 Å². The first-order valence-corrected chi connectivity index (χ1v) is 16.8. The molecule has 18 heteroatoms. The van der Waals surface area contributed by atoms with Crippen LogP contribution < -0.4 is 26.2 Å². The van der Waals surface area contributed by atoms with E-state index >= 15 is 0 Å². The van der Waals surface area contributed by atoms with Crippen molar-refractivity contribution >= 4 is 35.3 Å². The largest absolute Gasteiger partial charge is 0.379 e. The third-order valence-corrected chi connectivity index (χ3v) is 7.09. The molecule has 2 aromatic carbocycles. The molecule has 274 valence electrons. The quantitative estimate of drug-likeness (QED) is 0.0456. The molecule has 0 atom stereocenters. The molecule has 4 rings (SSSR count). The summed E-state index contributed by atoms with van der Waals surface area (Å²) in [6.45, 7) is 6.98. The zero-order valence-electron chi connectivity index (χ0n) is 28.5. The Labute approximate surface area is 296 Å².